The van der Waals surface area contributed by atoms with E-state index < -0.39 is 5.97 Å². The highest BCUT2D eigenvalue weighted by atomic mass is 16.5. The molecule has 0 bridgehead atoms. The molecule has 90 valence electrons. The van der Waals surface area contributed by atoms with E-state index in [2.05, 4.69) is 0 Å². The third-order valence-electron chi connectivity index (χ3n) is 2.87. The zero-order valence-electron chi connectivity index (χ0n) is 9.60. The molecular weight excluding hydrogens is 220 g/mol. The number of aromatic hydroxyl groups is 1. The number of ketones is 1. The van der Waals surface area contributed by atoms with Crippen molar-refractivity contribution in [2.45, 2.75) is 32.3 Å². The third kappa shape index (κ3) is 2.46. The first-order valence-corrected chi connectivity index (χ1v) is 5.59. The van der Waals surface area contributed by atoms with E-state index in [1.54, 1.807) is 12.1 Å². The van der Waals surface area contributed by atoms with Crippen molar-refractivity contribution in [1.29, 1.82) is 0 Å². The van der Waals surface area contributed by atoms with Crippen LogP contribution in [-0.2, 0) is 16.0 Å². The van der Waals surface area contributed by atoms with Gasteiger partial charge in [0.15, 0.2) is 0 Å². The monoisotopic (exact) mass is 234 g/mol. The predicted octanol–water partition coefficient (Wildman–Crippen LogP) is 1.84. The second kappa shape index (κ2) is 4.57. The van der Waals surface area contributed by atoms with E-state index in [0.717, 1.165) is 5.56 Å². The smallest absolute Gasteiger partial charge is 0.342 e. The lowest BCUT2D eigenvalue weighted by Gasteiger charge is -2.24. The number of esters is 1. The zero-order chi connectivity index (χ0) is 12.4. The Kier molecular flexibility index (Phi) is 3.13. The number of fused-ring (bicyclic) bond motifs is 1. The molecule has 0 saturated heterocycles. The van der Waals surface area contributed by atoms with Crippen LogP contribution in [0.4, 0.5) is 0 Å². The van der Waals surface area contributed by atoms with Crippen molar-refractivity contribution >= 4 is 11.8 Å². The van der Waals surface area contributed by atoms with Crippen LogP contribution in [0.15, 0.2) is 18.2 Å². The average molecular weight is 234 g/mol. The molecule has 0 fully saturated rings. The number of ether oxygens (including phenoxy) is 1. The fourth-order valence-electron chi connectivity index (χ4n) is 2.01. The lowest BCUT2D eigenvalue weighted by atomic mass is 9.95. The molecule has 0 aromatic heterocycles. The maximum atomic E-state index is 11.7. The standard InChI is InChI=1S/C13H14O4/c1-8(14)5-6-10-7-9-3-2-4-11(15)12(9)13(16)17-10/h2-4,10,15H,5-7H2,1H3/t10-/m0/s1. The normalized spacial score (nSPS) is 18.4. The van der Waals surface area contributed by atoms with E-state index in [4.69, 9.17) is 4.74 Å². The number of hydrogen-bond donors (Lipinski definition) is 1. The molecule has 4 heteroatoms. The highest BCUT2D eigenvalue weighted by Gasteiger charge is 2.28. The van der Waals surface area contributed by atoms with Crippen molar-refractivity contribution in [3.63, 3.8) is 0 Å². The summed E-state index contributed by atoms with van der Waals surface area (Å²) in [7, 11) is 0. The Balaban J connectivity index is 2.16. The molecule has 0 unspecified atom stereocenters. The molecule has 2 rings (SSSR count). The van der Waals surface area contributed by atoms with Crippen LogP contribution >= 0.6 is 0 Å². The first-order valence-electron chi connectivity index (χ1n) is 5.59. The summed E-state index contributed by atoms with van der Waals surface area (Å²) >= 11 is 0. The topological polar surface area (TPSA) is 63.6 Å². The van der Waals surface area contributed by atoms with Crippen molar-refractivity contribution in [3.05, 3.63) is 29.3 Å². The number of hydrogen-bond acceptors (Lipinski definition) is 4. The highest BCUT2D eigenvalue weighted by Crippen LogP contribution is 2.29. The van der Waals surface area contributed by atoms with Crippen LogP contribution in [0.2, 0.25) is 0 Å². The van der Waals surface area contributed by atoms with Crippen molar-refractivity contribution in [2.75, 3.05) is 0 Å². The van der Waals surface area contributed by atoms with Crippen molar-refractivity contribution in [2.24, 2.45) is 0 Å². The fourth-order valence-corrected chi connectivity index (χ4v) is 2.01. The van der Waals surface area contributed by atoms with Gasteiger partial charge in [0.2, 0.25) is 0 Å². The maximum absolute atomic E-state index is 11.7. The minimum atomic E-state index is -0.502. The number of benzene rings is 1. The van der Waals surface area contributed by atoms with Gasteiger partial charge in [-0.05, 0) is 25.0 Å². The Morgan fingerprint density at radius 3 is 3.00 bits per heavy atom. The van der Waals surface area contributed by atoms with Crippen LogP contribution in [0.3, 0.4) is 0 Å². The summed E-state index contributed by atoms with van der Waals surface area (Å²) in [5.41, 5.74) is 1.04. The predicted molar refractivity (Wildman–Crippen MR) is 60.9 cm³/mol. The number of Topliss-reactive ketones (excluding diaryl/α,β-unsaturated/α-hetero) is 1. The molecule has 1 heterocycles. The Labute approximate surface area is 99.2 Å². The third-order valence-corrected chi connectivity index (χ3v) is 2.87. The fraction of sp³-hybridized carbons (Fsp3) is 0.385. The van der Waals surface area contributed by atoms with Gasteiger partial charge in [-0.1, -0.05) is 12.1 Å². The molecule has 4 nitrogen and oxygen atoms in total. The van der Waals surface area contributed by atoms with Crippen molar-refractivity contribution in [1.82, 2.24) is 0 Å². The first kappa shape index (κ1) is 11.6. The summed E-state index contributed by atoms with van der Waals surface area (Å²) in [5.74, 6) is -0.460. The first-order chi connectivity index (χ1) is 8.08. The number of carbonyl (C=O) groups is 2. The molecule has 1 aliphatic heterocycles. The molecular formula is C13H14O4. The molecule has 1 aromatic rings. The average Bonchev–Trinajstić information content (AvgIpc) is 2.26. The van der Waals surface area contributed by atoms with Gasteiger partial charge < -0.3 is 14.6 Å². The lowest BCUT2D eigenvalue weighted by molar-refractivity contribution is -0.117. The molecule has 0 saturated carbocycles. The number of phenols is 1. The van der Waals surface area contributed by atoms with E-state index in [1.165, 1.54) is 13.0 Å². The number of phenolic OH excluding ortho intramolecular Hbond substituents is 1. The Morgan fingerprint density at radius 1 is 1.53 bits per heavy atom. The minimum absolute atomic E-state index is 0.0440. The SMILES string of the molecule is CC(=O)CC[C@H]1Cc2cccc(O)c2C(=O)O1. The summed E-state index contributed by atoms with van der Waals surface area (Å²) < 4.78 is 5.19. The lowest BCUT2D eigenvalue weighted by Crippen LogP contribution is -2.28. The van der Waals surface area contributed by atoms with Crippen LogP contribution in [0, 0.1) is 0 Å². The van der Waals surface area contributed by atoms with E-state index in [9.17, 15) is 14.7 Å². The van der Waals surface area contributed by atoms with Gasteiger partial charge in [-0.25, -0.2) is 4.79 Å². The van der Waals surface area contributed by atoms with Gasteiger partial charge in [0.1, 0.15) is 23.2 Å². The van der Waals surface area contributed by atoms with E-state index in [1.807, 2.05) is 0 Å². The van der Waals surface area contributed by atoms with Crippen molar-refractivity contribution in [3.8, 4) is 5.75 Å². The van der Waals surface area contributed by atoms with Crippen molar-refractivity contribution < 1.29 is 19.4 Å². The highest BCUT2D eigenvalue weighted by molar-refractivity contribution is 5.95. The molecule has 17 heavy (non-hydrogen) atoms. The second-order valence-corrected chi connectivity index (χ2v) is 4.28. The molecule has 1 N–H and O–H groups in total. The summed E-state index contributed by atoms with van der Waals surface area (Å²) in [6.07, 6.45) is 1.24. The van der Waals surface area contributed by atoms with Gasteiger partial charge in [0.25, 0.3) is 0 Å². The molecule has 0 aliphatic carbocycles. The molecule has 1 aromatic carbocycles. The van der Waals surface area contributed by atoms with E-state index in [0.29, 0.717) is 19.3 Å². The van der Waals surface area contributed by atoms with Gasteiger partial charge in [-0.2, -0.15) is 0 Å². The molecule has 0 spiro atoms. The number of carbonyl (C=O) groups excluding carboxylic acids is 2. The summed E-state index contributed by atoms with van der Waals surface area (Å²) in [6, 6.07) is 4.97. The number of cyclic esters (lactones) is 1. The maximum Gasteiger partial charge on any atom is 0.342 e. The zero-order valence-corrected chi connectivity index (χ0v) is 9.60. The molecule has 0 amide bonds. The summed E-state index contributed by atoms with van der Waals surface area (Å²) in [5, 5.41) is 9.58. The van der Waals surface area contributed by atoms with Gasteiger partial charge in [-0.3, -0.25) is 0 Å². The Hall–Kier alpha value is -1.84. The number of rotatable bonds is 3. The summed E-state index contributed by atoms with van der Waals surface area (Å²) in [4.78, 5) is 22.6. The minimum Gasteiger partial charge on any atom is -0.507 e. The second-order valence-electron chi connectivity index (χ2n) is 4.28. The molecule has 0 radical (unpaired) electrons. The van der Waals surface area contributed by atoms with Gasteiger partial charge in [-0.15, -0.1) is 0 Å². The van der Waals surface area contributed by atoms with Crippen LogP contribution in [0.5, 0.6) is 5.75 Å². The molecule has 1 aliphatic rings. The molecule has 1 atom stereocenters. The van der Waals surface area contributed by atoms with Gasteiger partial charge in [0.05, 0.1) is 0 Å². The van der Waals surface area contributed by atoms with E-state index in [-0.39, 0.29) is 23.2 Å². The Morgan fingerprint density at radius 2 is 2.29 bits per heavy atom. The van der Waals surface area contributed by atoms with Crippen LogP contribution in [0.1, 0.15) is 35.7 Å². The van der Waals surface area contributed by atoms with Gasteiger partial charge >= 0.3 is 5.97 Å². The van der Waals surface area contributed by atoms with Gasteiger partial charge in [0, 0.05) is 12.8 Å². The van der Waals surface area contributed by atoms with Crippen LogP contribution in [-0.4, -0.2) is 23.0 Å². The van der Waals surface area contributed by atoms with E-state index >= 15 is 0 Å². The Bertz CT molecular complexity index is 464. The van der Waals surface area contributed by atoms with Crippen LogP contribution in [0.25, 0.3) is 0 Å². The van der Waals surface area contributed by atoms with Crippen LogP contribution < -0.4 is 0 Å². The quantitative estimate of drug-likeness (QED) is 0.810. The largest absolute Gasteiger partial charge is 0.507 e. The summed E-state index contributed by atoms with van der Waals surface area (Å²) in [6.45, 7) is 1.52.